The molecular weight excluding hydrogens is 394 g/mol. The molecule has 0 atom stereocenters. The van der Waals surface area contributed by atoms with E-state index in [9.17, 15) is 4.79 Å². The van der Waals surface area contributed by atoms with E-state index in [1.165, 1.54) is 10.6 Å². The summed E-state index contributed by atoms with van der Waals surface area (Å²) in [6.45, 7) is 4.72. The smallest absolute Gasteiger partial charge is 0.251 e. The van der Waals surface area contributed by atoms with Crippen LogP contribution in [0.1, 0.15) is 45.2 Å². The summed E-state index contributed by atoms with van der Waals surface area (Å²) in [5.74, 6) is 0.861. The topological polar surface area (TPSA) is 54.9 Å². The molecule has 0 radical (unpaired) electrons. The molecule has 4 nitrogen and oxygen atoms in total. The molecule has 27 heavy (non-hydrogen) atoms. The van der Waals surface area contributed by atoms with E-state index in [-0.39, 0.29) is 5.91 Å². The Kier molecular flexibility index (Phi) is 7.43. The number of thiazole rings is 2. The van der Waals surface area contributed by atoms with Crippen LogP contribution in [0.2, 0.25) is 0 Å². The number of carbonyl (C=O) groups is 1. The number of carbonyl (C=O) groups excluding carboxylic acids is 1. The molecule has 7 heteroatoms. The predicted octanol–water partition coefficient (Wildman–Crippen LogP) is 5.26. The maximum atomic E-state index is 12.2. The predicted molar refractivity (Wildman–Crippen MR) is 115 cm³/mol. The maximum absolute atomic E-state index is 12.2. The lowest BCUT2D eigenvalue weighted by Crippen LogP contribution is -2.24. The second-order valence-electron chi connectivity index (χ2n) is 6.34. The van der Waals surface area contributed by atoms with Crippen molar-refractivity contribution < 1.29 is 4.79 Å². The lowest BCUT2D eigenvalue weighted by Gasteiger charge is -2.06. The second kappa shape index (κ2) is 10.0. The van der Waals surface area contributed by atoms with Crippen LogP contribution in [0.4, 0.5) is 0 Å². The van der Waals surface area contributed by atoms with Gasteiger partial charge in [-0.05, 0) is 50.8 Å². The largest absolute Gasteiger partial charge is 0.352 e. The summed E-state index contributed by atoms with van der Waals surface area (Å²) in [4.78, 5) is 21.2. The van der Waals surface area contributed by atoms with Gasteiger partial charge in [0.25, 0.3) is 5.91 Å². The molecule has 0 fully saturated rings. The number of thioether (sulfide) groups is 1. The van der Waals surface area contributed by atoms with Gasteiger partial charge in [0, 0.05) is 40.0 Å². The molecule has 0 saturated carbocycles. The van der Waals surface area contributed by atoms with Crippen LogP contribution in [-0.2, 0) is 12.2 Å². The third-order valence-corrected chi connectivity index (χ3v) is 7.18. The minimum Gasteiger partial charge on any atom is -0.352 e. The van der Waals surface area contributed by atoms with Crippen LogP contribution in [0.5, 0.6) is 0 Å². The molecule has 3 aromatic rings. The summed E-state index contributed by atoms with van der Waals surface area (Å²) < 4.78 is 1.09. The molecule has 2 heterocycles. The molecule has 0 bridgehead atoms. The van der Waals surface area contributed by atoms with Gasteiger partial charge in [-0.1, -0.05) is 23.9 Å². The van der Waals surface area contributed by atoms with Crippen LogP contribution in [0.25, 0.3) is 0 Å². The number of aromatic nitrogens is 2. The van der Waals surface area contributed by atoms with Crippen molar-refractivity contribution in [1.82, 2.24) is 15.3 Å². The van der Waals surface area contributed by atoms with E-state index >= 15 is 0 Å². The van der Waals surface area contributed by atoms with Crippen molar-refractivity contribution >= 4 is 40.3 Å². The summed E-state index contributed by atoms with van der Waals surface area (Å²) >= 11 is 5.12. The van der Waals surface area contributed by atoms with Gasteiger partial charge in [-0.2, -0.15) is 0 Å². The van der Waals surface area contributed by atoms with Crippen LogP contribution in [-0.4, -0.2) is 22.4 Å². The number of nitrogens with one attached hydrogen (secondary N) is 1. The highest BCUT2D eigenvalue weighted by Crippen LogP contribution is 2.26. The quantitative estimate of drug-likeness (QED) is 0.381. The summed E-state index contributed by atoms with van der Waals surface area (Å²) in [7, 11) is 0. The highest BCUT2D eigenvalue weighted by Gasteiger charge is 2.06. The van der Waals surface area contributed by atoms with Gasteiger partial charge in [0.1, 0.15) is 4.34 Å². The number of benzene rings is 1. The van der Waals surface area contributed by atoms with Gasteiger partial charge < -0.3 is 5.32 Å². The lowest BCUT2D eigenvalue weighted by molar-refractivity contribution is 0.0953. The normalized spacial score (nSPS) is 10.9. The van der Waals surface area contributed by atoms with Crippen molar-refractivity contribution in [3.63, 3.8) is 0 Å². The molecule has 142 valence electrons. The monoisotopic (exact) mass is 417 g/mol. The highest BCUT2D eigenvalue weighted by molar-refractivity contribution is 8.00. The van der Waals surface area contributed by atoms with Crippen LogP contribution in [0.15, 0.2) is 39.4 Å². The Balaban J connectivity index is 1.36. The average molecular weight is 418 g/mol. The van der Waals surface area contributed by atoms with E-state index < -0.39 is 0 Å². The first-order chi connectivity index (χ1) is 13.1. The molecule has 0 aliphatic heterocycles. The second-order valence-corrected chi connectivity index (χ2v) is 9.36. The Morgan fingerprint density at radius 2 is 1.78 bits per heavy atom. The fourth-order valence-electron chi connectivity index (χ4n) is 2.52. The molecule has 1 N–H and O–H groups in total. The van der Waals surface area contributed by atoms with Gasteiger partial charge in [-0.25, -0.2) is 9.97 Å². The number of aryl methyl sites for hydroxylation is 3. The van der Waals surface area contributed by atoms with E-state index in [2.05, 4.69) is 26.0 Å². The van der Waals surface area contributed by atoms with Crippen molar-refractivity contribution in [1.29, 1.82) is 0 Å². The van der Waals surface area contributed by atoms with Crippen molar-refractivity contribution in [2.45, 2.75) is 43.2 Å². The highest BCUT2D eigenvalue weighted by atomic mass is 32.2. The van der Waals surface area contributed by atoms with E-state index in [0.29, 0.717) is 12.1 Å². The Bertz CT molecular complexity index is 871. The standard InChI is InChI=1S/C20H23N3OS3/c1-14-11-25-18(22-14)5-3-4-10-21-19(24)17-8-6-16(7-9-17)13-27-20-23-15(2)12-26-20/h6-9,11-12H,3-5,10,13H2,1-2H3,(H,21,24). The van der Waals surface area contributed by atoms with Crippen molar-refractivity contribution in [3.8, 4) is 0 Å². The molecule has 0 aliphatic carbocycles. The zero-order valence-corrected chi connectivity index (χ0v) is 18.0. The van der Waals surface area contributed by atoms with Crippen molar-refractivity contribution in [2.75, 3.05) is 6.54 Å². The zero-order valence-electron chi connectivity index (χ0n) is 15.5. The van der Waals surface area contributed by atoms with Gasteiger partial charge in [0.15, 0.2) is 0 Å². The average Bonchev–Trinajstić information content (AvgIpc) is 3.28. The van der Waals surface area contributed by atoms with Crippen LogP contribution in [0.3, 0.4) is 0 Å². The summed E-state index contributed by atoms with van der Waals surface area (Å²) in [5, 5.41) is 8.33. The third-order valence-electron chi connectivity index (χ3n) is 3.95. The molecular formula is C20H23N3OS3. The SMILES string of the molecule is Cc1csc(CCCCNC(=O)c2ccc(CSc3nc(C)cs3)cc2)n1. The van der Waals surface area contributed by atoms with E-state index in [4.69, 9.17) is 0 Å². The molecule has 0 unspecified atom stereocenters. The molecule has 0 saturated heterocycles. The molecule has 0 spiro atoms. The lowest BCUT2D eigenvalue weighted by atomic mass is 10.1. The number of rotatable bonds is 9. The number of nitrogens with zero attached hydrogens (tertiary/aromatic N) is 2. The van der Waals surface area contributed by atoms with Crippen LogP contribution >= 0.6 is 34.4 Å². The molecule has 0 aliphatic rings. The Morgan fingerprint density at radius 3 is 2.44 bits per heavy atom. The summed E-state index contributed by atoms with van der Waals surface area (Å²) in [6.07, 6.45) is 2.99. The number of hydrogen-bond acceptors (Lipinski definition) is 6. The number of amides is 1. The summed E-state index contributed by atoms with van der Waals surface area (Å²) in [6, 6.07) is 7.84. The first kappa shape index (κ1) is 20.0. The van der Waals surface area contributed by atoms with Gasteiger partial charge in [0.2, 0.25) is 0 Å². The van der Waals surface area contributed by atoms with Crippen LogP contribution in [0, 0.1) is 13.8 Å². The first-order valence-corrected chi connectivity index (χ1v) is 11.7. The van der Waals surface area contributed by atoms with Crippen LogP contribution < -0.4 is 5.32 Å². The number of unbranched alkanes of at least 4 members (excludes halogenated alkanes) is 1. The third kappa shape index (κ3) is 6.45. The van der Waals surface area contributed by atoms with Crippen molar-refractivity contribution in [2.24, 2.45) is 0 Å². The van der Waals surface area contributed by atoms with Crippen molar-refractivity contribution in [3.05, 3.63) is 62.5 Å². The molecule has 1 amide bonds. The van der Waals surface area contributed by atoms with E-state index in [1.807, 2.05) is 38.1 Å². The Labute approximate surface area is 172 Å². The number of hydrogen-bond donors (Lipinski definition) is 1. The zero-order chi connectivity index (χ0) is 19.1. The minimum atomic E-state index is -0.00477. The Hall–Kier alpha value is -1.70. The fourth-order valence-corrected chi connectivity index (χ4v) is 5.14. The van der Waals surface area contributed by atoms with Gasteiger partial charge in [-0.3, -0.25) is 4.79 Å². The summed E-state index contributed by atoms with van der Waals surface area (Å²) in [5.41, 5.74) is 4.07. The molecule has 3 rings (SSSR count). The van der Waals surface area contributed by atoms with E-state index in [1.54, 1.807) is 34.4 Å². The first-order valence-electron chi connectivity index (χ1n) is 8.93. The van der Waals surface area contributed by atoms with E-state index in [0.717, 1.165) is 40.7 Å². The van der Waals surface area contributed by atoms with Gasteiger partial charge >= 0.3 is 0 Å². The molecule has 2 aromatic heterocycles. The maximum Gasteiger partial charge on any atom is 0.251 e. The minimum absolute atomic E-state index is 0.00477. The Morgan fingerprint density at radius 1 is 1.04 bits per heavy atom. The van der Waals surface area contributed by atoms with Gasteiger partial charge in [0.05, 0.1) is 5.01 Å². The molecule has 1 aromatic carbocycles. The fraction of sp³-hybridized carbons (Fsp3) is 0.350. The van der Waals surface area contributed by atoms with Gasteiger partial charge in [-0.15, -0.1) is 22.7 Å².